The smallest absolute Gasteiger partial charge is 0.410 e. The van der Waals surface area contributed by atoms with Crippen LogP contribution in [0.2, 0.25) is 5.02 Å². The van der Waals surface area contributed by atoms with Gasteiger partial charge in [-0.05, 0) is 57.7 Å². The molecule has 1 fully saturated rings. The summed E-state index contributed by atoms with van der Waals surface area (Å²) in [5.41, 5.74) is 0.333. The second-order valence-electron chi connectivity index (χ2n) is 7.75. The van der Waals surface area contributed by atoms with E-state index in [1.165, 1.54) is 4.31 Å². The van der Waals surface area contributed by atoms with Crippen LogP contribution < -0.4 is 0 Å². The number of nitrogens with zero attached hydrogens (tertiary/aromatic N) is 2. The molecule has 8 heteroatoms. The van der Waals surface area contributed by atoms with Crippen LogP contribution in [0, 0.1) is 0 Å². The molecule has 0 N–H and O–H groups in total. The van der Waals surface area contributed by atoms with Crippen LogP contribution in [0.4, 0.5) is 4.79 Å². The molecular weight excluding hydrogens is 388 g/mol. The molecule has 0 aromatic heterocycles. The van der Waals surface area contributed by atoms with Crippen molar-refractivity contribution in [2.75, 3.05) is 13.1 Å². The first kappa shape index (κ1) is 22.1. The molecule has 152 valence electrons. The van der Waals surface area contributed by atoms with Gasteiger partial charge >= 0.3 is 6.09 Å². The summed E-state index contributed by atoms with van der Waals surface area (Å²) in [6.07, 6.45) is 1.44. The Morgan fingerprint density at radius 1 is 1.41 bits per heavy atom. The van der Waals surface area contributed by atoms with Crippen LogP contribution in [0.1, 0.15) is 58.6 Å². The van der Waals surface area contributed by atoms with Gasteiger partial charge in [0.15, 0.2) is 0 Å². The van der Waals surface area contributed by atoms with Crippen molar-refractivity contribution < 1.29 is 18.3 Å². The van der Waals surface area contributed by atoms with E-state index in [1.54, 1.807) is 11.0 Å². The van der Waals surface area contributed by atoms with Gasteiger partial charge in [0, 0.05) is 41.5 Å². The van der Waals surface area contributed by atoms with Crippen LogP contribution >= 0.6 is 11.6 Å². The first-order chi connectivity index (χ1) is 12.6. The molecule has 1 aliphatic heterocycles. The lowest BCUT2D eigenvalue weighted by atomic mass is 9.99. The molecule has 6 nitrogen and oxygen atoms in total. The minimum Gasteiger partial charge on any atom is -0.760 e. The van der Waals surface area contributed by atoms with Gasteiger partial charge in [0.25, 0.3) is 0 Å². The van der Waals surface area contributed by atoms with Crippen LogP contribution in [0.3, 0.4) is 0 Å². The van der Waals surface area contributed by atoms with Gasteiger partial charge in [-0.3, -0.25) is 4.21 Å². The summed E-state index contributed by atoms with van der Waals surface area (Å²) in [6.45, 7) is 8.39. The van der Waals surface area contributed by atoms with Gasteiger partial charge in [-0.2, -0.15) is 0 Å². The number of hydrogen-bond acceptors (Lipinski definition) is 4. The number of hydrogen-bond donors (Lipinski definition) is 0. The fourth-order valence-corrected chi connectivity index (χ4v) is 4.52. The van der Waals surface area contributed by atoms with E-state index >= 15 is 0 Å². The Kier molecular flexibility index (Phi) is 7.68. The Hall–Kier alpha value is -1.15. The summed E-state index contributed by atoms with van der Waals surface area (Å²) < 4.78 is 31.0. The molecule has 2 atom stereocenters. The zero-order chi connectivity index (χ0) is 20.2. The van der Waals surface area contributed by atoms with Gasteiger partial charge in [0.1, 0.15) is 5.60 Å². The Morgan fingerprint density at radius 3 is 2.52 bits per heavy atom. The largest absolute Gasteiger partial charge is 0.760 e. The van der Waals surface area contributed by atoms with Crippen molar-refractivity contribution in [2.45, 2.75) is 64.6 Å². The number of carbonyl (C=O) groups excluding carboxylic acids is 1. The van der Waals surface area contributed by atoms with Crippen LogP contribution in [0.5, 0.6) is 0 Å². The Bertz CT molecular complexity index is 672. The third-order valence-corrected chi connectivity index (χ3v) is 5.71. The van der Waals surface area contributed by atoms with Crippen molar-refractivity contribution in [2.24, 2.45) is 0 Å². The maximum Gasteiger partial charge on any atom is 0.410 e. The van der Waals surface area contributed by atoms with E-state index in [1.807, 2.05) is 45.9 Å². The zero-order valence-electron chi connectivity index (χ0n) is 16.3. The van der Waals surface area contributed by atoms with E-state index in [0.717, 1.165) is 5.56 Å². The van der Waals surface area contributed by atoms with E-state index in [2.05, 4.69) is 0 Å². The predicted molar refractivity (Wildman–Crippen MR) is 106 cm³/mol. The molecule has 1 aromatic carbocycles. The standard InChI is InChI=1S/C19H29ClN2O4S/c1-5-17(14-7-6-8-15(20)13-14)22(27(24)25)16-9-11-21(12-10-16)18(23)26-19(2,3)4/h6-8,13,16-17H,5,9-12H2,1-4H3,(H,24,25)/p-1. The number of carbonyl (C=O) groups is 1. The normalized spacial score (nSPS) is 18.4. The van der Waals surface area contributed by atoms with E-state index in [4.69, 9.17) is 16.3 Å². The number of piperidine rings is 1. The predicted octanol–water partition coefficient (Wildman–Crippen LogP) is 4.29. The lowest BCUT2D eigenvalue weighted by Gasteiger charge is -2.43. The molecule has 0 bridgehead atoms. The maximum absolute atomic E-state index is 12.2. The van der Waals surface area contributed by atoms with Crippen LogP contribution in [-0.2, 0) is 16.0 Å². The van der Waals surface area contributed by atoms with Gasteiger partial charge in [-0.15, -0.1) is 0 Å². The summed E-state index contributed by atoms with van der Waals surface area (Å²) >= 11 is 3.72. The fraction of sp³-hybridized carbons (Fsp3) is 0.632. The third-order valence-electron chi connectivity index (χ3n) is 4.58. The van der Waals surface area contributed by atoms with E-state index in [0.29, 0.717) is 37.4 Å². The molecule has 0 aliphatic carbocycles. The van der Waals surface area contributed by atoms with Crippen molar-refractivity contribution in [3.8, 4) is 0 Å². The van der Waals surface area contributed by atoms with Gasteiger partial charge in [0.05, 0.1) is 0 Å². The summed E-state index contributed by atoms with van der Waals surface area (Å²) in [4.78, 5) is 13.9. The van der Waals surface area contributed by atoms with Crippen LogP contribution in [0.25, 0.3) is 0 Å². The maximum atomic E-state index is 12.2. The van der Waals surface area contributed by atoms with Crippen LogP contribution in [0.15, 0.2) is 24.3 Å². The summed E-state index contributed by atoms with van der Waals surface area (Å²) in [5, 5.41) is 0.585. The molecule has 2 unspecified atom stereocenters. The zero-order valence-corrected chi connectivity index (χ0v) is 17.9. The highest BCUT2D eigenvalue weighted by atomic mass is 35.5. The number of likely N-dealkylation sites (tertiary alicyclic amines) is 1. The summed E-state index contributed by atoms with van der Waals surface area (Å²) in [7, 11) is 0. The van der Waals surface area contributed by atoms with E-state index in [-0.39, 0.29) is 18.2 Å². The van der Waals surface area contributed by atoms with Gasteiger partial charge < -0.3 is 14.2 Å². The first-order valence-electron chi connectivity index (χ1n) is 9.23. The average molecular weight is 416 g/mol. The van der Waals surface area contributed by atoms with Gasteiger partial charge in [-0.1, -0.05) is 30.7 Å². The molecule has 1 aromatic rings. The second-order valence-corrected chi connectivity index (χ2v) is 9.05. The van der Waals surface area contributed by atoms with Gasteiger partial charge in [0.2, 0.25) is 0 Å². The van der Waals surface area contributed by atoms with E-state index < -0.39 is 16.9 Å². The molecule has 1 heterocycles. The number of rotatable bonds is 5. The van der Waals surface area contributed by atoms with E-state index in [9.17, 15) is 13.6 Å². The average Bonchev–Trinajstić information content (AvgIpc) is 2.58. The molecular formula is C19H28ClN2O4S-. The summed E-state index contributed by atoms with van der Waals surface area (Å²) in [6, 6.07) is 6.87. The quantitative estimate of drug-likeness (QED) is 0.672. The van der Waals surface area contributed by atoms with Crippen LogP contribution in [-0.4, -0.2) is 48.8 Å². The highest BCUT2D eigenvalue weighted by molar-refractivity contribution is 7.76. The fourth-order valence-electron chi connectivity index (χ4n) is 3.39. The minimum absolute atomic E-state index is 0.161. The minimum atomic E-state index is -2.37. The Balaban J connectivity index is 2.10. The Labute approximate surface area is 169 Å². The van der Waals surface area contributed by atoms with Crippen molar-refractivity contribution >= 4 is 29.0 Å². The molecule has 1 saturated heterocycles. The molecule has 1 amide bonds. The topological polar surface area (TPSA) is 72.9 Å². The lowest BCUT2D eigenvalue weighted by Crippen LogP contribution is -2.49. The van der Waals surface area contributed by atoms with Crippen molar-refractivity contribution in [1.82, 2.24) is 9.21 Å². The first-order valence-corrected chi connectivity index (χ1v) is 10.6. The molecule has 0 spiro atoms. The molecule has 2 rings (SSSR count). The SMILES string of the molecule is CCC(c1cccc(Cl)c1)N(C1CCN(C(=O)OC(C)(C)C)CC1)S(=O)[O-]. The number of amides is 1. The Morgan fingerprint density at radius 2 is 2.04 bits per heavy atom. The summed E-state index contributed by atoms with van der Waals surface area (Å²) in [5.74, 6) is 0. The van der Waals surface area contributed by atoms with Crippen molar-refractivity contribution in [1.29, 1.82) is 0 Å². The number of ether oxygens (including phenoxy) is 1. The second kappa shape index (κ2) is 9.37. The third kappa shape index (κ3) is 6.17. The van der Waals surface area contributed by atoms with Crippen molar-refractivity contribution in [3.05, 3.63) is 34.9 Å². The number of benzene rings is 1. The molecule has 1 aliphatic rings. The molecule has 0 saturated carbocycles. The molecule has 0 radical (unpaired) electrons. The molecule has 27 heavy (non-hydrogen) atoms. The highest BCUT2D eigenvalue weighted by Crippen LogP contribution is 2.32. The lowest BCUT2D eigenvalue weighted by molar-refractivity contribution is 0.0166. The monoisotopic (exact) mass is 415 g/mol. The van der Waals surface area contributed by atoms with Crippen molar-refractivity contribution in [3.63, 3.8) is 0 Å². The van der Waals surface area contributed by atoms with Gasteiger partial charge in [-0.25, -0.2) is 9.10 Å². The number of halogens is 1. The highest BCUT2D eigenvalue weighted by Gasteiger charge is 2.33.